The number of aromatic nitrogens is 4. The molecule has 0 spiro atoms. The van der Waals surface area contributed by atoms with Crippen molar-refractivity contribution in [2.75, 3.05) is 49.4 Å². The molecule has 3 aromatic heterocycles. The second-order valence-electron chi connectivity index (χ2n) is 8.50. The lowest BCUT2D eigenvalue weighted by molar-refractivity contribution is 0.122. The van der Waals surface area contributed by atoms with Crippen molar-refractivity contribution in [1.29, 1.82) is 0 Å². The van der Waals surface area contributed by atoms with Gasteiger partial charge >= 0.3 is 0 Å². The monoisotopic (exact) mass is 444 g/mol. The van der Waals surface area contributed by atoms with E-state index in [0.29, 0.717) is 6.73 Å². The number of nitrogens with zero attached hydrogens (tertiary/aromatic N) is 6. The zero-order chi connectivity index (χ0) is 21.0. The molecule has 0 radical (unpaired) electrons. The van der Waals surface area contributed by atoms with Crippen molar-refractivity contribution in [3.05, 3.63) is 29.9 Å². The molecule has 1 aliphatic heterocycles. The highest BCUT2D eigenvalue weighted by Gasteiger charge is 2.18. The average Bonchev–Trinajstić information content (AvgIpc) is 3.27. The summed E-state index contributed by atoms with van der Waals surface area (Å²) in [5.41, 5.74) is 4.52. The van der Waals surface area contributed by atoms with Gasteiger partial charge in [-0.1, -0.05) is 31.0 Å². The molecule has 8 nitrogen and oxygen atoms in total. The van der Waals surface area contributed by atoms with Crippen molar-refractivity contribution in [2.24, 2.45) is 0 Å². The van der Waals surface area contributed by atoms with Gasteiger partial charge < -0.3 is 14.4 Å². The number of rotatable bonds is 8. The van der Waals surface area contributed by atoms with E-state index in [-0.39, 0.29) is 0 Å². The molecule has 0 amide bonds. The fraction of sp³-hybridized carbons (Fsp3) is 0.500. The molecule has 0 saturated carbocycles. The molecule has 0 unspecified atom stereocenters. The quantitative estimate of drug-likeness (QED) is 0.295. The lowest BCUT2D eigenvalue weighted by Gasteiger charge is -2.28. The van der Waals surface area contributed by atoms with Gasteiger partial charge in [-0.3, -0.25) is 9.88 Å². The minimum Gasteiger partial charge on any atom is -0.378 e. The summed E-state index contributed by atoms with van der Waals surface area (Å²) >= 11 is 1.48. The third-order valence-electron chi connectivity index (χ3n) is 4.96. The topological polar surface area (TPSA) is 76.5 Å². The van der Waals surface area contributed by atoms with E-state index >= 15 is 0 Å². The van der Waals surface area contributed by atoms with Crippen molar-refractivity contribution in [2.45, 2.75) is 25.7 Å². The summed E-state index contributed by atoms with van der Waals surface area (Å²) in [5, 5.41) is 9.00. The van der Waals surface area contributed by atoms with Crippen LogP contribution in [0.1, 0.15) is 0 Å². The molecule has 4 rings (SSSR count). The van der Waals surface area contributed by atoms with Crippen LogP contribution in [0.25, 0.3) is 11.0 Å². The normalized spacial score (nSPS) is 15.0. The molecule has 10 heteroatoms. The first kappa shape index (κ1) is 21.1. The van der Waals surface area contributed by atoms with Gasteiger partial charge in [0.15, 0.2) is 0 Å². The Morgan fingerprint density at radius 1 is 1.20 bits per heavy atom. The number of hydrogen-bond acceptors (Lipinski definition) is 9. The molecule has 160 valence electrons. The molecule has 1 saturated heterocycles. The lowest BCUT2D eigenvalue weighted by Crippen LogP contribution is -2.36. The summed E-state index contributed by atoms with van der Waals surface area (Å²) < 4.78 is 11.5. The maximum Gasteiger partial charge on any atom is 0.215 e. The second kappa shape index (κ2) is 9.34. The van der Waals surface area contributed by atoms with E-state index in [9.17, 15) is 0 Å². The van der Waals surface area contributed by atoms with Crippen LogP contribution < -0.4 is 9.80 Å². The fourth-order valence-electron chi connectivity index (χ4n) is 3.17. The molecule has 4 heterocycles. The van der Waals surface area contributed by atoms with Crippen LogP contribution in [0.4, 0.5) is 16.6 Å². The van der Waals surface area contributed by atoms with Crippen LogP contribution in [-0.2, 0) is 9.47 Å². The van der Waals surface area contributed by atoms with Crippen LogP contribution >= 0.6 is 11.3 Å². The molecule has 0 N–H and O–H groups in total. The highest BCUT2D eigenvalue weighted by atomic mass is 32.1. The zero-order valence-corrected chi connectivity index (χ0v) is 19.6. The minimum absolute atomic E-state index is 0.398. The van der Waals surface area contributed by atoms with Crippen LogP contribution in [-0.4, -0.2) is 67.9 Å². The molecule has 1 aliphatic rings. The number of anilines is 3. The van der Waals surface area contributed by atoms with Gasteiger partial charge in [0.1, 0.15) is 18.1 Å². The van der Waals surface area contributed by atoms with Gasteiger partial charge in [-0.05, 0) is 24.2 Å². The van der Waals surface area contributed by atoms with E-state index in [1.807, 2.05) is 23.2 Å². The standard InChI is InChI=1S/C20H28N6O2SSi/c1-30(2,3)11-10-28-15-26(20-24-22-14-29-20)19-5-4-17-18(23-19)12-16(13-21-17)25-6-8-27-9-7-25/h4-5,12-14H,6-11,15H2,1-3H3. The van der Waals surface area contributed by atoms with Gasteiger partial charge in [0.25, 0.3) is 0 Å². The first-order valence-corrected chi connectivity index (χ1v) is 14.8. The molecule has 0 aromatic carbocycles. The Hall–Kier alpha value is -2.14. The summed E-state index contributed by atoms with van der Waals surface area (Å²) in [5.74, 6) is 0.785. The molecule has 30 heavy (non-hydrogen) atoms. The van der Waals surface area contributed by atoms with E-state index in [0.717, 1.165) is 66.6 Å². The summed E-state index contributed by atoms with van der Waals surface area (Å²) in [7, 11) is -1.14. The van der Waals surface area contributed by atoms with Gasteiger partial charge in [0.2, 0.25) is 5.13 Å². The summed E-state index contributed by atoms with van der Waals surface area (Å²) in [6.07, 6.45) is 1.91. The molecule has 0 aliphatic carbocycles. The lowest BCUT2D eigenvalue weighted by atomic mass is 10.2. The fourth-order valence-corrected chi connectivity index (χ4v) is 4.48. The Morgan fingerprint density at radius 3 is 2.77 bits per heavy atom. The van der Waals surface area contributed by atoms with Gasteiger partial charge in [0.05, 0.1) is 36.1 Å². The molecule has 0 bridgehead atoms. The van der Waals surface area contributed by atoms with Crippen molar-refractivity contribution in [3.8, 4) is 0 Å². The smallest absolute Gasteiger partial charge is 0.215 e. The average molecular weight is 445 g/mol. The SMILES string of the molecule is C[Si](C)(C)CCOCN(c1ccc2ncc(N3CCOCC3)cc2n1)c1nncs1. The first-order chi connectivity index (χ1) is 14.5. The maximum atomic E-state index is 6.00. The van der Waals surface area contributed by atoms with Crippen LogP contribution in [0, 0.1) is 0 Å². The molecular formula is C20H28N6O2SSi. The van der Waals surface area contributed by atoms with E-state index in [1.165, 1.54) is 11.3 Å². The van der Waals surface area contributed by atoms with Crippen molar-refractivity contribution in [3.63, 3.8) is 0 Å². The predicted molar refractivity (Wildman–Crippen MR) is 124 cm³/mol. The third kappa shape index (κ3) is 5.31. The highest BCUT2D eigenvalue weighted by molar-refractivity contribution is 7.13. The largest absolute Gasteiger partial charge is 0.378 e. The third-order valence-corrected chi connectivity index (χ3v) is 7.37. The first-order valence-electron chi connectivity index (χ1n) is 10.2. The van der Waals surface area contributed by atoms with E-state index < -0.39 is 8.07 Å². The molecule has 3 aromatic rings. The zero-order valence-electron chi connectivity index (χ0n) is 17.7. The Kier molecular flexibility index (Phi) is 6.57. The van der Waals surface area contributed by atoms with E-state index in [1.54, 1.807) is 5.51 Å². The van der Waals surface area contributed by atoms with E-state index in [4.69, 9.17) is 14.5 Å². The Morgan fingerprint density at radius 2 is 2.03 bits per heavy atom. The summed E-state index contributed by atoms with van der Waals surface area (Å²) in [6.45, 7) is 11.4. The molecular weight excluding hydrogens is 416 g/mol. The van der Waals surface area contributed by atoms with Crippen LogP contribution in [0.15, 0.2) is 29.9 Å². The van der Waals surface area contributed by atoms with Crippen LogP contribution in [0.5, 0.6) is 0 Å². The number of pyridine rings is 2. The molecule has 1 fully saturated rings. The van der Waals surface area contributed by atoms with Crippen LogP contribution in [0.2, 0.25) is 25.7 Å². The Labute approximate surface area is 181 Å². The highest BCUT2D eigenvalue weighted by Crippen LogP contribution is 2.28. The van der Waals surface area contributed by atoms with Crippen molar-refractivity contribution in [1.82, 2.24) is 20.2 Å². The summed E-state index contributed by atoms with van der Waals surface area (Å²) in [6, 6.07) is 7.18. The number of fused-ring (bicyclic) bond motifs is 1. The predicted octanol–water partition coefficient (Wildman–Crippen LogP) is 3.77. The summed E-state index contributed by atoms with van der Waals surface area (Å²) in [4.78, 5) is 13.8. The van der Waals surface area contributed by atoms with Crippen molar-refractivity contribution >= 4 is 47.1 Å². The number of morpholine rings is 1. The minimum atomic E-state index is -1.14. The van der Waals surface area contributed by atoms with Gasteiger partial charge in [-0.15, -0.1) is 10.2 Å². The number of hydrogen-bond donors (Lipinski definition) is 0. The van der Waals surface area contributed by atoms with Gasteiger partial charge in [-0.25, -0.2) is 4.98 Å². The maximum absolute atomic E-state index is 6.00. The Bertz CT molecular complexity index is 960. The Balaban J connectivity index is 1.57. The van der Waals surface area contributed by atoms with Crippen molar-refractivity contribution < 1.29 is 9.47 Å². The van der Waals surface area contributed by atoms with Gasteiger partial charge in [-0.2, -0.15) is 0 Å². The van der Waals surface area contributed by atoms with Crippen LogP contribution in [0.3, 0.4) is 0 Å². The van der Waals surface area contributed by atoms with E-state index in [2.05, 4.69) is 45.8 Å². The van der Waals surface area contributed by atoms with Gasteiger partial charge in [0, 0.05) is 27.8 Å². The number of ether oxygens (including phenoxy) is 2. The second-order valence-corrected chi connectivity index (χ2v) is 14.9. The molecule has 0 atom stereocenters.